The van der Waals surface area contributed by atoms with Crippen LogP contribution in [-0.4, -0.2) is 50.6 Å². The Bertz CT molecular complexity index is 978. The van der Waals surface area contributed by atoms with E-state index in [4.69, 9.17) is 4.74 Å². The number of nitrogens with one attached hydrogen (secondary N) is 1. The van der Waals surface area contributed by atoms with E-state index in [9.17, 15) is 18.0 Å². The van der Waals surface area contributed by atoms with Gasteiger partial charge < -0.3 is 10.1 Å². The molecule has 0 atom stereocenters. The summed E-state index contributed by atoms with van der Waals surface area (Å²) in [5, 5.41) is 2.87. The Kier molecular flexibility index (Phi) is 6.71. The minimum atomic E-state index is -3.24. The summed E-state index contributed by atoms with van der Waals surface area (Å²) < 4.78 is 29.8. The maximum atomic E-state index is 12.8. The first-order valence-electron chi connectivity index (χ1n) is 9.42. The van der Waals surface area contributed by atoms with Crippen molar-refractivity contribution < 1.29 is 22.7 Å². The third-order valence-electron chi connectivity index (χ3n) is 4.80. The molecule has 0 radical (unpaired) electrons. The van der Waals surface area contributed by atoms with Crippen molar-refractivity contribution in [2.45, 2.75) is 19.8 Å². The van der Waals surface area contributed by atoms with Crippen LogP contribution in [0.15, 0.2) is 36.4 Å². The van der Waals surface area contributed by atoms with E-state index >= 15 is 0 Å². The third kappa shape index (κ3) is 5.23. The van der Waals surface area contributed by atoms with Crippen molar-refractivity contribution in [3.8, 4) is 10.4 Å². The number of anilines is 1. The topological polar surface area (TPSA) is 92.8 Å². The molecule has 2 heterocycles. The lowest BCUT2D eigenvalue weighted by atomic mass is 9.97. The highest BCUT2D eigenvalue weighted by Crippen LogP contribution is 2.36. The molecule has 0 saturated carbocycles. The van der Waals surface area contributed by atoms with Crippen LogP contribution in [0.25, 0.3) is 10.4 Å². The van der Waals surface area contributed by atoms with Gasteiger partial charge in [-0.25, -0.2) is 17.5 Å². The van der Waals surface area contributed by atoms with Crippen molar-refractivity contribution >= 4 is 38.9 Å². The van der Waals surface area contributed by atoms with Gasteiger partial charge in [-0.1, -0.05) is 30.3 Å². The SMILES string of the molecule is CCOC(=O)c1sc(-c2ccccc2)cc1NC(=O)C1CCN(S(C)(=O)=O)CC1. The van der Waals surface area contributed by atoms with Crippen LogP contribution < -0.4 is 5.32 Å². The van der Waals surface area contributed by atoms with Crippen LogP contribution in [0.5, 0.6) is 0 Å². The molecule has 0 bridgehead atoms. The van der Waals surface area contributed by atoms with Gasteiger partial charge in [0.2, 0.25) is 15.9 Å². The number of sulfonamides is 1. The molecule has 0 aliphatic carbocycles. The van der Waals surface area contributed by atoms with Gasteiger partial charge in [-0.05, 0) is 31.4 Å². The number of nitrogens with zero attached hydrogens (tertiary/aromatic N) is 1. The number of amides is 1. The number of hydrogen-bond acceptors (Lipinski definition) is 6. The van der Waals surface area contributed by atoms with Crippen LogP contribution in [0.3, 0.4) is 0 Å². The summed E-state index contributed by atoms with van der Waals surface area (Å²) in [6.07, 6.45) is 2.07. The second-order valence-corrected chi connectivity index (χ2v) is 9.90. The molecule has 3 rings (SSSR count). The fourth-order valence-corrected chi connectivity index (χ4v) is 5.15. The van der Waals surface area contributed by atoms with Crippen LogP contribution in [0, 0.1) is 5.92 Å². The summed E-state index contributed by atoms with van der Waals surface area (Å²) in [5.41, 5.74) is 1.38. The van der Waals surface area contributed by atoms with Gasteiger partial charge in [0.25, 0.3) is 0 Å². The predicted molar refractivity (Wildman–Crippen MR) is 113 cm³/mol. The van der Waals surface area contributed by atoms with E-state index in [-0.39, 0.29) is 18.4 Å². The Labute approximate surface area is 174 Å². The highest BCUT2D eigenvalue weighted by molar-refractivity contribution is 7.88. The van der Waals surface area contributed by atoms with Crippen LogP contribution in [-0.2, 0) is 19.6 Å². The van der Waals surface area contributed by atoms with E-state index < -0.39 is 16.0 Å². The van der Waals surface area contributed by atoms with Crippen molar-refractivity contribution in [1.29, 1.82) is 0 Å². The Morgan fingerprint density at radius 1 is 1.21 bits per heavy atom. The molecule has 1 fully saturated rings. The van der Waals surface area contributed by atoms with Crippen molar-refractivity contribution in [1.82, 2.24) is 4.31 Å². The molecule has 7 nitrogen and oxygen atoms in total. The van der Waals surface area contributed by atoms with Crippen molar-refractivity contribution in [3.63, 3.8) is 0 Å². The second kappa shape index (κ2) is 9.06. The van der Waals surface area contributed by atoms with E-state index in [1.54, 1.807) is 13.0 Å². The van der Waals surface area contributed by atoms with Crippen LogP contribution in [0.2, 0.25) is 0 Å². The second-order valence-electron chi connectivity index (χ2n) is 6.87. The molecular formula is C20H24N2O5S2. The fraction of sp³-hybridized carbons (Fsp3) is 0.400. The Morgan fingerprint density at radius 3 is 2.45 bits per heavy atom. The largest absolute Gasteiger partial charge is 0.462 e. The number of ether oxygens (including phenoxy) is 1. The number of piperidine rings is 1. The average Bonchev–Trinajstić information content (AvgIpc) is 3.12. The van der Waals surface area contributed by atoms with Crippen LogP contribution in [0.1, 0.15) is 29.4 Å². The Balaban J connectivity index is 1.78. The summed E-state index contributed by atoms with van der Waals surface area (Å²) in [4.78, 5) is 26.4. The molecule has 9 heteroatoms. The molecule has 0 spiro atoms. The molecule has 1 N–H and O–H groups in total. The molecule has 1 amide bonds. The summed E-state index contributed by atoms with van der Waals surface area (Å²) in [6, 6.07) is 11.4. The third-order valence-corrected chi connectivity index (χ3v) is 7.27. The number of carbonyl (C=O) groups is 2. The quantitative estimate of drug-likeness (QED) is 0.702. The highest BCUT2D eigenvalue weighted by atomic mass is 32.2. The van der Waals surface area contributed by atoms with Gasteiger partial charge in [0.15, 0.2) is 0 Å². The van der Waals surface area contributed by atoms with E-state index in [0.29, 0.717) is 36.5 Å². The zero-order valence-corrected chi connectivity index (χ0v) is 18.0. The minimum absolute atomic E-state index is 0.207. The van der Waals surface area contributed by atoms with Crippen LogP contribution in [0.4, 0.5) is 5.69 Å². The zero-order chi connectivity index (χ0) is 21.0. The van der Waals surface area contributed by atoms with Crippen molar-refractivity contribution in [2.75, 3.05) is 31.3 Å². The van der Waals surface area contributed by atoms with Gasteiger partial charge in [0.05, 0.1) is 18.6 Å². The maximum absolute atomic E-state index is 12.8. The number of carbonyl (C=O) groups excluding carboxylic acids is 2. The van der Waals surface area contributed by atoms with Gasteiger partial charge in [-0.2, -0.15) is 0 Å². The standard InChI is InChI=1S/C20H24N2O5S2/c1-3-27-20(24)18-16(13-17(28-18)14-7-5-4-6-8-14)21-19(23)15-9-11-22(12-10-15)29(2,25)26/h4-8,13,15H,3,9-12H2,1-2H3,(H,21,23). The summed E-state index contributed by atoms with van der Waals surface area (Å²) in [5.74, 6) is -0.980. The summed E-state index contributed by atoms with van der Waals surface area (Å²) in [7, 11) is -3.24. The number of thiophene rings is 1. The number of benzene rings is 1. The first-order valence-corrected chi connectivity index (χ1v) is 12.1. The zero-order valence-electron chi connectivity index (χ0n) is 16.4. The molecule has 1 saturated heterocycles. The van der Waals surface area contributed by atoms with Crippen molar-refractivity contribution in [2.24, 2.45) is 5.92 Å². The van der Waals surface area contributed by atoms with Gasteiger partial charge in [0.1, 0.15) is 4.88 Å². The molecule has 29 heavy (non-hydrogen) atoms. The highest BCUT2D eigenvalue weighted by Gasteiger charge is 2.30. The lowest BCUT2D eigenvalue weighted by Gasteiger charge is -2.29. The average molecular weight is 437 g/mol. The monoisotopic (exact) mass is 436 g/mol. The normalized spacial score (nSPS) is 15.8. The number of esters is 1. The summed E-state index contributed by atoms with van der Waals surface area (Å²) >= 11 is 1.28. The van der Waals surface area contributed by atoms with E-state index in [0.717, 1.165) is 10.4 Å². The Hall–Kier alpha value is -2.23. The molecule has 0 unspecified atom stereocenters. The van der Waals surface area contributed by atoms with Gasteiger partial charge >= 0.3 is 5.97 Å². The molecule has 1 aromatic carbocycles. The summed E-state index contributed by atoms with van der Waals surface area (Å²) in [6.45, 7) is 2.62. The number of rotatable bonds is 6. The molecular weight excluding hydrogens is 412 g/mol. The molecule has 156 valence electrons. The lowest BCUT2D eigenvalue weighted by molar-refractivity contribution is -0.120. The van der Waals surface area contributed by atoms with E-state index in [1.165, 1.54) is 21.9 Å². The molecule has 1 aliphatic heterocycles. The van der Waals surface area contributed by atoms with Gasteiger partial charge in [-0.3, -0.25) is 4.79 Å². The molecule has 1 aromatic heterocycles. The van der Waals surface area contributed by atoms with E-state index in [1.807, 2.05) is 30.3 Å². The Morgan fingerprint density at radius 2 is 1.86 bits per heavy atom. The smallest absolute Gasteiger partial charge is 0.350 e. The fourth-order valence-electron chi connectivity index (χ4n) is 3.26. The predicted octanol–water partition coefficient (Wildman–Crippen LogP) is 3.20. The lowest BCUT2D eigenvalue weighted by Crippen LogP contribution is -2.40. The molecule has 2 aromatic rings. The number of hydrogen-bond donors (Lipinski definition) is 1. The van der Waals surface area contributed by atoms with Gasteiger partial charge in [0, 0.05) is 23.9 Å². The molecule has 1 aliphatic rings. The van der Waals surface area contributed by atoms with Crippen molar-refractivity contribution in [3.05, 3.63) is 41.3 Å². The van der Waals surface area contributed by atoms with Gasteiger partial charge in [-0.15, -0.1) is 11.3 Å². The van der Waals surface area contributed by atoms with Crippen LogP contribution >= 0.6 is 11.3 Å². The van der Waals surface area contributed by atoms with E-state index in [2.05, 4.69) is 5.32 Å². The minimum Gasteiger partial charge on any atom is -0.462 e. The maximum Gasteiger partial charge on any atom is 0.350 e. The first kappa shape index (κ1) is 21.5. The first-order chi connectivity index (χ1) is 13.8.